The predicted molar refractivity (Wildman–Crippen MR) is 164 cm³/mol. The van der Waals surface area contributed by atoms with Gasteiger partial charge in [0.05, 0.1) is 39.6 Å². The highest BCUT2D eigenvalue weighted by molar-refractivity contribution is 7.48. The van der Waals surface area contributed by atoms with E-state index in [1.54, 1.807) is 0 Å². The number of halogens is 1. The third-order valence-electron chi connectivity index (χ3n) is 11.3. The van der Waals surface area contributed by atoms with Crippen LogP contribution in [0.2, 0.25) is 0 Å². The van der Waals surface area contributed by atoms with E-state index in [2.05, 4.69) is 0 Å². The van der Waals surface area contributed by atoms with Crippen molar-refractivity contribution in [2.75, 3.05) is 100 Å². The molecule has 9 heterocycles. The molecule has 15 heteroatoms. The number of fused-ring (bicyclic) bond motifs is 9. The number of Topliss-reactive ketones (excluding diaryl/α,β-unsaturated/α-hetero) is 3. The summed E-state index contributed by atoms with van der Waals surface area (Å²) in [6.45, 7) is 3.68. The number of phosphoric ester groups is 1. The van der Waals surface area contributed by atoms with Crippen LogP contribution in [0.25, 0.3) is 0 Å². The molecule has 13 nitrogen and oxygen atoms in total. The van der Waals surface area contributed by atoms with Crippen LogP contribution in [0.4, 0.5) is 0 Å². The highest BCUT2D eigenvalue weighted by atomic mass is 35.5. The van der Waals surface area contributed by atoms with Crippen molar-refractivity contribution < 1.29 is 46.7 Å². The lowest BCUT2D eigenvalue weighted by Gasteiger charge is -2.53. The molecule has 3 unspecified atom stereocenters. The van der Waals surface area contributed by atoms with Gasteiger partial charge < -0.3 is 14.2 Å². The first-order valence-electron chi connectivity index (χ1n) is 16.1. The first-order valence-corrected chi connectivity index (χ1v) is 17.5. The number of phosphoric acid groups is 1. The Morgan fingerprint density at radius 1 is 0.533 bits per heavy atom. The molecule has 9 aliphatic heterocycles. The molecule has 9 fully saturated rings. The first kappa shape index (κ1) is 35.5. The van der Waals surface area contributed by atoms with E-state index in [4.69, 9.17) is 27.8 Å². The van der Waals surface area contributed by atoms with Gasteiger partial charge in [-0.1, -0.05) is 0 Å². The van der Waals surface area contributed by atoms with Crippen LogP contribution in [0.1, 0.15) is 38.5 Å². The molecule has 9 aliphatic rings. The van der Waals surface area contributed by atoms with Crippen LogP contribution in [0.15, 0.2) is 0 Å². The topological polar surface area (TPSA) is 133 Å². The second kappa shape index (κ2) is 14.0. The summed E-state index contributed by atoms with van der Waals surface area (Å²) in [4.78, 5) is 47.1. The molecule has 0 amide bonds. The number of methoxy groups -OCH3 is 3. The summed E-state index contributed by atoms with van der Waals surface area (Å²) >= 11 is 0. The molecule has 0 aromatic heterocycles. The van der Waals surface area contributed by atoms with E-state index in [1.807, 2.05) is 14.7 Å². The van der Waals surface area contributed by atoms with Crippen LogP contribution in [-0.4, -0.2) is 149 Å². The van der Waals surface area contributed by atoms with Crippen LogP contribution in [0, 0.1) is 17.8 Å². The molecule has 45 heavy (non-hydrogen) atoms. The fraction of sp³-hybridized carbons (Fsp3) is 0.900. The number of nitrogens with zero attached hydrogens (tertiary/aromatic N) is 3. The molecule has 0 spiro atoms. The Balaban J connectivity index is 0.00000400. The third-order valence-corrected chi connectivity index (χ3v) is 12.7. The lowest BCUT2D eigenvalue weighted by molar-refractivity contribution is -0.161. The molecule has 9 saturated heterocycles. The summed E-state index contributed by atoms with van der Waals surface area (Å²) in [6, 6.07) is 0. The second-order valence-electron chi connectivity index (χ2n) is 13.5. The number of carbonyl (C=O) groups is 3. The van der Waals surface area contributed by atoms with E-state index in [1.165, 1.54) is 21.3 Å². The number of ketones is 3. The maximum atomic E-state index is 14.7. The summed E-state index contributed by atoms with van der Waals surface area (Å²) < 4.78 is 49.7. The van der Waals surface area contributed by atoms with Gasteiger partial charge in [-0.3, -0.25) is 42.7 Å². The fourth-order valence-corrected chi connectivity index (χ4v) is 10.1. The molecule has 0 aromatic rings. The number of ether oxygens (including phenoxy) is 3. The average molecular weight is 678 g/mol. The Morgan fingerprint density at radius 3 is 0.978 bits per heavy atom. The van der Waals surface area contributed by atoms with Gasteiger partial charge in [0.1, 0.15) is 16.6 Å². The normalized spacial score (nSPS) is 41.7. The van der Waals surface area contributed by atoms with Crippen LogP contribution in [0.5, 0.6) is 0 Å². The van der Waals surface area contributed by atoms with Gasteiger partial charge in [-0.15, -0.1) is 12.4 Å². The molecule has 6 bridgehead atoms. The predicted octanol–water partition coefficient (Wildman–Crippen LogP) is 1.61. The maximum absolute atomic E-state index is 14.7. The summed E-state index contributed by atoms with van der Waals surface area (Å²) in [7, 11) is 0.129. The van der Waals surface area contributed by atoms with Gasteiger partial charge >= 0.3 is 7.82 Å². The van der Waals surface area contributed by atoms with Gasteiger partial charge in [-0.05, 0) is 77.8 Å². The molecule has 0 aromatic carbocycles. The van der Waals surface area contributed by atoms with E-state index in [0.29, 0.717) is 39.3 Å². The van der Waals surface area contributed by atoms with Crippen molar-refractivity contribution in [3.8, 4) is 0 Å². The SMILES string of the molecule is COCC1(COP(=O)(OCC2(COC)C(=O)C3CCN2CC3)OCC2(COC)C(=O)C3CCN2CC3)C(=O)C2CCN1CC2.Cl. The Labute approximate surface area is 271 Å². The number of carbonyl (C=O) groups excluding carboxylic acids is 3. The summed E-state index contributed by atoms with van der Waals surface area (Å²) in [5.74, 6) is -0.311. The molecule has 3 atom stereocenters. The first-order chi connectivity index (χ1) is 21.2. The van der Waals surface area contributed by atoms with Crippen molar-refractivity contribution >= 4 is 37.6 Å². The Kier molecular flexibility index (Phi) is 11.0. The Morgan fingerprint density at radius 2 is 0.778 bits per heavy atom. The van der Waals surface area contributed by atoms with E-state index >= 15 is 0 Å². The molecule has 9 rings (SSSR count). The van der Waals surface area contributed by atoms with Crippen molar-refractivity contribution in [1.29, 1.82) is 0 Å². The molecular weight excluding hydrogens is 629 g/mol. The summed E-state index contributed by atoms with van der Waals surface area (Å²) in [5.41, 5.74) is -3.38. The molecular formula is C30H49ClN3O10P. The smallest absolute Gasteiger partial charge is 0.382 e. The van der Waals surface area contributed by atoms with Crippen molar-refractivity contribution in [2.45, 2.75) is 55.1 Å². The summed E-state index contributed by atoms with van der Waals surface area (Å²) in [5, 5.41) is 0. The van der Waals surface area contributed by atoms with Crippen molar-refractivity contribution in [3.05, 3.63) is 0 Å². The second-order valence-corrected chi connectivity index (χ2v) is 15.2. The highest BCUT2D eigenvalue weighted by Crippen LogP contribution is 2.54. The maximum Gasteiger partial charge on any atom is 0.475 e. The number of piperidine rings is 9. The number of hydrogen-bond acceptors (Lipinski definition) is 13. The van der Waals surface area contributed by atoms with Crippen LogP contribution >= 0.6 is 20.2 Å². The standard InChI is InChI=1S/C30H48N3O10P.ClH/c1-38-16-28(25(34)22-4-10-31(28)11-5-22)19-41-44(37,42-20-29(17-39-2)26(35)23-6-12-32(29)13-7-23)43-21-30(18-40-3)27(36)24-8-14-33(30)15-9-24;/h22-24H,4-21H2,1-3H3;1H. The third kappa shape index (κ3) is 6.03. The number of rotatable bonds is 15. The monoisotopic (exact) mass is 677 g/mol. The molecule has 0 radical (unpaired) electrons. The van der Waals surface area contributed by atoms with Crippen molar-refractivity contribution in [2.24, 2.45) is 17.8 Å². The minimum Gasteiger partial charge on any atom is -0.382 e. The largest absolute Gasteiger partial charge is 0.475 e. The van der Waals surface area contributed by atoms with Crippen molar-refractivity contribution in [3.63, 3.8) is 0 Å². The highest BCUT2D eigenvalue weighted by Gasteiger charge is 2.58. The van der Waals surface area contributed by atoms with Gasteiger partial charge in [0, 0.05) is 39.1 Å². The van der Waals surface area contributed by atoms with Gasteiger partial charge in [0.2, 0.25) is 0 Å². The van der Waals surface area contributed by atoms with Crippen LogP contribution < -0.4 is 0 Å². The van der Waals surface area contributed by atoms with Gasteiger partial charge in [-0.2, -0.15) is 0 Å². The minimum absolute atomic E-state index is 0. The van der Waals surface area contributed by atoms with Crippen molar-refractivity contribution in [1.82, 2.24) is 14.7 Å². The van der Waals surface area contributed by atoms with E-state index < -0.39 is 24.4 Å². The van der Waals surface area contributed by atoms with Crippen LogP contribution in [0.3, 0.4) is 0 Å². The average Bonchev–Trinajstić information content (AvgIpc) is 3.05. The van der Waals surface area contributed by atoms with Gasteiger partial charge in [0.15, 0.2) is 17.3 Å². The lowest BCUT2D eigenvalue weighted by Crippen LogP contribution is -2.70. The quantitative estimate of drug-likeness (QED) is 0.233. The minimum atomic E-state index is -4.47. The Bertz CT molecular complexity index is 1020. The Hall–Kier alpha value is -0.830. The van der Waals surface area contributed by atoms with E-state index in [-0.39, 0.29) is 87.2 Å². The molecule has 0 N–H and O–H groups in total. The number of hydrogen-bond donors (Lipinski definition) is 0. The van der Waals surface area contributed by atoms with E-state index in [9.17, 15) is 18.9 Å². The van der Waals surface area contributed by atoms with Gasteiger partial charge in [-0.25, -0.2) is 4.57 Å². The zero-order chi connectivity index (χ0) is 31.2. The van der Waals surface area contributed by atoms with Gasteiger partial charge in [0.25, 0.3) is 0 Å². The lowest BCUT2D eigenvalue weighted by atomic mass is 9.74. The summed E-state index contributed by atoms with van der Waals surface area (Å²) in [6.07, 6.45) is 4.62. The molecule has 0 saturated carbocycles. The molecule has 256 valence electrons. The fourth-order valence-electron chi connectivity index (χ4n) is 8.80. The van der Waals surface area contributed by atoms with Crippen LogP contribution in [-0.2, 0) is 46.7 Å². The molecule has 0 aliphatic carbocycles. The zero-order valence-electron chi connectivity index (χ0n) is 26.7. The van der Waals surface area contributed by atoms with E-state index in [0.717, 1.165) is 38.5 Å². The zero-order valence-corrected chi connectivity index (χ0v) is 28.5.